The first-order valence-electron chi connectivity index (χ1n) is 4.16. The van der Waals surface area contributed by atoms with Gasteiger partial charge in [0.15, 0.2) is 0 Å². The van der Waals surface area contributed by atoms with Crippen LogP contribution in [0.2, 0.25) is 0 Å². The highest BCUT2D eigenvalue weighted by Gasteiger charge is 2.23. The molecule has 3 heteroatoms. The zero-order valence-corrected chi connectivity index (χ0v) is 6.62. The van der Waals surface area contributed by atoms with E-state index in [4.69, 9.17) is 5.73 Å². The molecule has 1 fully saturated rings. The molecule has 64 valence electrons. The maximum absolute atomic E-state index is 10.5. The lowest BCUT2D eigenvalue weighted by molar-refractivity contribution is -0.120. The Morgan fingerprint density at radius 1 is 1.45 bits per heavy atom. The number of aliphatic hydroxyl groups excluding tert-OH is 1. The number of hydrogen-bond donors (Lipinski definition) is 2. The molecule has 0 aliphatic heterocycles. The number of aliphatic hydroxyl groups is 1. The fraction of sp³-hybridized carbons (Fsp3) is 0.875. The Hall–Kier alpha value is -0.570. The second kappa shape index (κ2) is 3.72. The molecule has 11 heavy (non-hydrogen) atoms. The largest absolute Gasteiger partial charge is 0.393 e. The highest BCUT2D eigenvalue weighted by molar-refractivity contribution is 5.74. The van der Waals surface area contributed by atoms with Gasteiger partial charge in [-0.1, -0.05) is 12.8 Å². The monoisotopic (exact) mass is 157 g/mol. The van der Waals surface area contributed by atoms with E-state index in [1.54, 1.807) is 0 Å². The van der Waals surface area contributed by atoms with Crippen molar-refractivity contribution in [3.63, 3.8) is 0 Å². The first kappa shape index (κ1) is 8.53. The standard InChI is InChI=1S/C8H15NO2/c9-8(11)5-6-3-1-2-4-7(6)10/h6-7,10H,1-5H2,(H2,9,11)/t6-,7+/m1/s1. The van der Waals surface area contributed by atoms with Gasteiger partial charge in [0.25, 0.3) is 0 Å². The summed E-state index contributed by atoms with van der Waals surface area (Å²) >= 11 is 0. The topological polar surface area (TPSA) is 63.3 Å². The van der Waals surface area contributed by atoms with Gasteiger partial charge in [-0.15, -0.1) is 0 Å². The van der Waals surface area contributed by atoms with Crippen LogP contribution in [0.15, 0.2) is 0 Å². The van der Waals surface area contributed by atoms with Crippen LogP contribution in [0.1, 0.15) is 32.1 Å². The summed E-state index contributed by atoms with van der Waals surface area (Å²) in [4.78, 5) is 10.5. The molecule has 3 N–H and O–H groups in total. The van der Waals surface area contributed by atoms with Gasteiger partial charge in [0, 0.05) is 6.42 Å². The van der Waals surface area contributed by atoms with E-state index < -0.39 is 0 Å². The van der Waals surface area contributed by atoms with Gasteiger partial charge in [-0.05, 0) is 18.8 Å². The predicted octanol–water partition coefficient (Wildman–Crippen LogP) is 0.413. The minimum atomic E-state index is -0.295. The highest BCUT2D eigenvalue weighted by atomic mass is 16.3. The minimum absolute atomic E-state index is 0.126. The molecule has 0 aromatic carbocycles. The van der Waals surface area contributed by atoms with E-state index >= 15 is 0 Å². The zero-order valence-electron chi connectivity index (χ0n) is 6.62. The van der Waals surface area contributed by atoms with Crippen molar-refractivity contribution in [2.75, 3.05) is 0 Å². The Balaban J connectivity index is 2.35. The van der Waals surface area contributed by atoms with Crippen molar-refractivity contribution in [1.82, 2.24) is 0 Å². The van der Waals surface area contributed by atoms with Crippen molar-refractivity contribution < 1.29 is 9.90 Å². The molecule has 0 radical (unpaired) electrons. The zero-order chi connectivity index (χ0) is 8.27. The predicted molar refractivity (Wildman–Crippen MR) is 41.8 cm³/mol. The van der Waals surface area contributed by atoms with Gasteiger partial charge in [-0.25, -0.2) is 0 Å². The number of carbonyl (C=O) groups is 1. The van der Waals surface area contributed by atoms with Crippen molar-refractivity contribution in [2.45, 2.75) is 38.2 Å². The Morgan fingerprint density at radius 3 is 2.64 bits per heavy atom. The number of carbonyl (C=O) groups excluding carboxylic acids is 1. The molecule has 1 aliphatic carbocycles. The summed E-state index contributed by atoms with van der Waals surface area (Å²) in [6, 6.07) is 0. The summed E-state index contributed by atoms with van der Waals surface area (Å²) < 4.78 is 0. The van der Waals surface area contributed by atoms with Gasteiger partial charge >= 0.3 is 0 Å². The van der Waals surface area contributed by atoms with E-state index in [-0.39, 0.29) is 17.9 Å². The molecule has 1 saturated carbocycles. The number of hydrogen-bond acceptors (Lipinski definition) is 2. The Kier molecular flexibility index (Phi) is 2.88. The van der Waals surface area contributed by atoms with Gasteiger partial charge in [-0.3, -0.25) is 4.79 Å². The molecular formula is C8H15NO2. The summed E-state index contributed by atoms with van der Waals surface area (Å²) in [6.45, 7) is 0. The van der Waals surface area contributed by atoms with E-state index in [1.807, 2.05) is 0 Å². The molecule has 0 bridgehead atoms. The summed E-state index contributed by atoms with van der Waals surface area (Å²) in [6.07, 6.45) is 4.03. The van der Waals surface area contributed by atoms with Gasteiger partial charge in [0.05, 0.1) is 6.10 Å². The number of amides is 1. The van der Waals surface area contributed by atoms with Crippen LogP contribution in [0.5, 0.6) is 0 Å². The molecule has 0 aromatic rings. The van der Waals surface area contributed by atoms with Crippen molar-refractivity contribution in [1.29, 1.82) is 0 Å². The van der Waals surface area contributed by atoms with E-state index in [2.05, 4.69) is 0 Å². The van der Waals surface area contributed by atoms with E-state index in [9.17, 15) is 9.90 Å². The lowest BCUT2D eigenvalue weighted by atomic mass is 9.84. The Labute approximate surface area is 66.6 Å². The van der Waals surface area contributed by atoms with E-state index in [0.29, 0.717) is 6.42 Å². The van der Waals surface area contributed by atoms with Gasteiger partial charge in [0.2, 0.25) is 5.91 Å². The maximum atomic E-state index is 10.5. The lowest BCUT2D eigenvalue weighted by Crippen LogP contribution is -2.28. The van der Waals surface area contributed by atoms with Crippen molar-refractivity contribution in [2.24, 2.45) is 11.7 Å². The molecule has 0 heterocycles. The summed E-state index contributed by atoms with van der Waals surface area (Å²) in [5, 5.41) is 9.41. The number of primary amides is 1. The smallest absolute Gasteiger partial charge is 0.217 e. The van der Waals surface area contributed by atoms with Gasteiger partial charge in [-0.2, -0.15) is 0 Å². The van der Waals surface area contributed by atoms with Gasteiger partial charge < -0.3 is 10.8 Å². The van der Waals surface area contributed by atoms with Crippen LogP contribution in [0.3, 0.4) is 0 Å². The van der Waals surface area contributed by atoms with Crippen LogP contribution in [0, 0.1) is 5.92 Å². The number of nitrogens with two attached hydrogens (primary N) is 1. The van der Waals surface area contributed by atoms with Crippen molar-refractivity contribution >= 4 is 5.91 Å². The third kappa shape index (κ3) is 2.50. The normalized spacial score (nSPS) is 31.7. The molecular weight excluding hydrogens is 142 g/mol. The highest BCUT2D eigenvalue weighted by Crippen LogP contribution is 2.26. The SMILES string of the molecule is NC(=O)C[C@H]1CCCC[C@@H]1O. The van der Waals surface area contributed by atoms with Crippen molar-refractivity contribution in [3.8, 4) is 0 Å². The summed E-state index contributed by atoms with van der Waals surface area (Å²) in [5.41, 5.74) is 5.04. The summed E-state index contributed by atoms with van der Waals surface area (Å²) in [7, 11) is 0. The lowest BCUT2D eigenvalue weighted by Gasteiger charge is -2.26. The molecule has 1 amide bonds. The molecule has 1 aliphatic rings. The molecule has 0 aromatic heterocycles. The third-order valence-electron chi connectivity index (χ3n) is 2.33. The Morgan fingerprint density at radius 2 is 2.09 bits per heavy atom. The maximum Gasteiger partial charge on any atom is 0.217 e. The van der Waals surface area contributed by atoms with Crippen LogP contribution in [-0.2, 0) is 4.79 Å². The second-order valence-electron chi connectivity index (χ2n) is 3.28. The number of rotatable bonds is 2. The molecule has 0 unspecified atom stereocenters. The first-order valence-corrected chi connectivity index (χ1v) is 4.16. The van der Waals surface area contributed by atoms with E-state index in [0.717, 1.165) is 25.7 Å². The molecule has 0 saturated heterocycles. The van der Waals surface area contributed by atoms with Crippen LogP contribution in [-0.4, -0.2) is 17.1 Å². The first-order chi connectivity index (χ1) is 5.20. The second-order valence-corrected chi connectivity index (χ2v) is 3.28. The van der Waals surface area contributed by atoms with E-state index in [1.165, 1.54) is 0 Å². The minimum Gasteiger partial charge on any atom is -0.393 e. The fourth-order valence-electron chi connectivity index (χ4n) is 1.68. The van der Waals surface area contributed by atoms with Crippen LogP contribution >= 0.6 is 0 Å². The molecule has 2 atom stereocenters. The molecule has 0 spiro atoms. The average molecular weight is 157 g/mol. The molecule has 1 rings (SSSR count). The van der Waals surface area contributed by atoms with Crippen molar-refractivity contribution in [3.05, 3.63) is 0 Å². The average Bonchev–Trinajstić information content (AvgIpc) is 1.93. The quantitative estimate of drug-likeness (QED) is 0.610. The van der Waals surface area contributed by atoms with Crippen LogP contribution < -0.4 is 5.73 Å². The Bertz CT molecular complexity index is 147. The fourth-order valence-corrected chi connectivity index (χ4v) is 1.68. The molecule has 3 nitrogen and oxygen atoms in total. The van der Waals surface area contributed by atoms with Crippen LogP contribution in [0.25, 0.3) is 0 Å². The van der Waals surface area contributed by atoms with Gasteiger partial charge in [0.1, 0.15) is 0 Å². The third-order valence-corrected chi connectivity index (χ3v) is 2.33. The summed E-state index contributed by atoms with van der Waals surface area (Å²) in [5.74, 6) is -0.169. The van der Waals surface area contributed by atoms with Crippen LogP contribution in [0.4, 0.5) is 0 Å².